The minimum Gasteiger partial charge on any atom is -0.413 e. The summed E-state index contributed by atoms with van der Waals surface area (Å²) in [5, 5.41) is 0. The van der Waals surface area contributed by atoms with Gasteiger partial charge in [-0.05, 0) is 77.6 Å². The molecule has 0 aromatic carbocycles. The highest BCUT2D eigenvalue weighted by atomic mass is 28.5. The Morgan fingerprint density at radius 1 is 0.389 bits per heavy atom. The van der Waals surface area contributed by atoms with E-state index in [9.17, 15) is 0 Å². The van der Waals surface area contributed by atoms with Gasteiger partial charge in [0.15, 0.2) is 0 Å². The largest absolute Gasteiger partial charge is 0.413 e. The zero-order valence-electron chi connectivity index (χ0n) is 23.8. The summed E-state index contributed by atoms with van der Waals surface area (Å²) in [6.07, 6.45) is 0. The second-order valence-electron chi connectivity index (χ2n) is 11.3. The lowest BCUT2D eigenvalue weighted by atomic mass is 10.9. The first kappa shape index (κ1) is 32.6. The maximum absolute atomic E-state index is 6.82. The van der Waals surface area contributed by atoms with Crippen LogP contribution >= 0.6 is 0 Å². The highest BCUT2D eigenvalue weighted by Gasteiger charge is 2.57. The average molecular weight is 639 g/mol. The summed E-state index contributed by atoms with van der Waals surface area (Å²) < 4.78 is 53.5. The summed E-state index contributed by atoms with van der Waals surface area (Å²) in [6, 6.07) is 1.25. The van der Waals surface area contributed by atoms with Crippen LogP contribution in [0.5, 0.6) is 0 Å². The lowest BCUT2D eigenvalue weighted by Gasteiger charge is -2.50. The van der Waals surface area contributed by atoms with Crippen LogP contribution in [0.4, 0.5) is 0 Å². The Morgan fingerprint density at radius 2 is 0.583 bits per heavy atom. The minimum atomic E-state index is -2.86. The molecule has 0 radical (unpaired) electrons. The molecule has 0 amide bonds. The Hall–Kier alpha value is 0.375. The molecule has 0 spiro atoms. The third kappa shape index (κ3) is 8.44. The first-order valence-corrected chi connectivity index (χ1v) is 32.5. The van der Waals surface area contributed by atoms with Crippen molar-refractivity contribution in [3.8, 4) is 0 Å². The van der Waals surface area contributed by atoms with Crippen LogP contribution in [0, 0.1) is 0 Å². The highest BCUT2D eigenvalue weighted by Crippen LogP contribution is 2.38. The summed E-state index contributed by atoms with van der Waals surface area (Å²) in [6.45, 7) is 36.4. The molecule has 8 nitrogen and oxygen atoms in total. The second-order valence-corrected chi connectivity index (χ2v) is 38.7. The predicted molar refractivity (Wildman–Crippen MR) is 164 cm³/mol. The molecule has 0 saturated carbocycles. The monoisotopic (exact) mass is 638 g/mol. The Balaban J connectivity index is 2.44. The zero-order valence-corrected chi connectivity index (χ0v) is 31.8. The SMILES string of the molecule is C=C[Si]1(C)O[Si](C)(C)O[Si](C)(C=C)O[Si](C)(CC[Si]2(C)O[Si](C)(C=C)O[Si](C)(C)O[Si](C)(C=C)O2)O1. The van der Waals surface area contributed by atoms with Crippen molar-refractivity contribution in [1.82, 2.24) is 0 Å². The van der Waals surface area contributed by atoms with Gasteiger partial charge in [-0.3, -0.25) is 0 Å². The van der Waals surface area contributed by atoms with Gasteiger partial charge in [0.05, 0.1) is 0 Å². The van der Waals surface area contributed by atoms with Crippen LogP contribution in [0.1, 0.15) is 0 Å². The van der Waals surface area contributed by atoms with Crippen molar-refractivity contribution in [3.05, 3.63) is 49.1 Å². The van der Waals surface area contributed by atoms with E-state index in [0.29, 0.717) is 12.1 Å². The Morgan fingerprint density at radius 3 is 0.750 bits per heavy atom. The Kier molecular flexibility index (Phi) is 9.73. The highest BCUT2D eigenvalue weighted by molar-refractivity contribution is 6.98. The molecule has 2 fully saturated rings. The van der Waals surface area contributed by atoms with Crippen molar-refractivity contribution in [2.45, 2.75) is 77.6 Å². The lowest BCUT2D eigenvalue weighted by Crippen LogP contribution is -2.67. The van der Waals surface area contributed by atoms with Crippen molar-refractivity contribution >= 4 is 68.5 Å². The lowest BCUT2D eigenvalue weighted by molar-refractivity contribution is 0.231. The maximum Gasteiger partial charge on any atom is 0.343 e. The summed E-state index contributed by atoms with van der Waals surface area (Å²) in [7, 11) is -21.8. The van der Waals surface area contributed by atoms with Gasteiger partial charge in [0.1, 0.15) is 0 Å². The van der Waals surface area contributed by atoms with E-state index in [2.05, 4.69) is 39.4 Å². The second kappa shape index (κ2) is 10.7. The molecule has 0 bridgehead atoms. The maximum atomic E-state index is 6.82. The van der Waals surface area contributed by atoms with Crippen LogP contribution in [0.25, 0.3) is 0 Å². The van der Waals surface area contributed by atoms with Crippen LogP contribution in [0.3, 0.4) is 0 Å². The van der Waals surface area contributed by atoms with Gasteiger partial charge in [0.2, 0.25) is 0 Å². The number of hydrogen-bond donors (Lipinski definition) is 0. The molecule has 0 aliphatic carbocycles. The summed E-state index contributed by atoms with van der Waals surface area (Å²) in [4.78, 5) is 0. The van der Waals surface area contributed by atoms with Crippen molar-refractivity contribution in [2.24, 2.45) is 0 Å². The molecule has 0 aromatic rings. The fourth-order valence-electron chi connectivity index (χ4n) is 4.83. The van der Waals surface area contributed by atoms with Gasteiger partial charge < -0.3 is 32.9 Å². The molecule has 36 heavy (non-hydrogen) atoms. The van der Waals surface area contributed by atoms with E-state index in [-0.39, 0.29) is 0 Å². The predicted octanol–water partition coefficient (Wildman–Crippen LogP) is 5.88. The average Bonchev–Trinajstić information content (AvgIpc) is 2.68. The fourth-order valence-corrected chi connectivity index (χ4v) is 46.4. The quantitative estimate of drug-likeness (QED) is 0.320. The van der Waals surface area contributed by atoms with Crippen LogP contribution in [-0.4, -0.2) is 68.5 Å². The Bertz CT molecular complexity index is 764. The van der Waals surface area contributed by atoms with E-state index >= 15 is 0 Å². The molecule has 2 saturated heterocycles. The van der Waals surface area contributed by atoms with Crippen molar-refractivity contribution in [3.63, 3.8) is 0 Å². The van der Waals surface area contributed by atoms with Gasteiger partial charge in [-0.15, -0.1) is 26.3 Å². The van der Waals surface area contributed by atoms with E-state index in [1.807, 2.05) is 75.2 Å². The van der Waals surface area contributed by atoms with Crippen molar-refractivity contribution in [2.75, 3.05) is 0 Å². The minimum absolute atomic E-state index is 0.626. The van der Waals surface area contributed by atoms with Gasteiger partial charge in [-0.25, -0.2) is 0 Å². The molecule has 4 unspecified atom stereocenters. The first-order valence-electron chi connectivity index (χ1n) is 12.3. The van der Waals surface area contributed by atoms with Crippen LogP contribution in [0.15, 0.2) is 49.1 Å². The molecule has 2 heterocycles. The van der Waals surface area contributed by atoms with Gasteiger partial charge >= 0.3 is 68.5 Å². The number of rotatable bonds is 7. The van der Waals surface area contributed by atoms with Crippen molar-refractivity contribution < 1.29 is 32.9 Å². The van der Waals surface area contributed by atoms with Gasteiger partial charge in [-0.2, -0.15) is 0 Å². The summed E-state index contributed by atoms with van der Waals surface area (Å²) >= 11 is 0. The standard InChI is InChI=1S/C20H46O8Si8/c1-15-31(9)21-29(5,6)22-32(10,16-2)26-35(13,25-31)19-20-36(14)27-33(11,17-3)23-30(7,8)24-34(12,18-4)28-36/h15-18H,1-4,19-20H2,5-14H3. The summed E-state index contributed by atoms with van der Waals surface area (Å²) in [5.41, 5.74) is 7.27. The van der Waals surface area contributed by atoms with E-state index < -0.39 is 68.5 Å². The molecule has 0 N–H and O–H groups in total. The normalized spacial score (nSPS) is 45.3. The fraction of sp³-hybridized carbons (Fsp3) is 0.600. The van der Waals surface area contributed by atoms with E-state index in [0.717, 1.165) is 0 Å². The topological polar surface area (TPSA) is 73.8 Å². The van der Waals surface area contributed by atoms with Gasteiger partial charge in [0.25, 0.3) is 0 Å². The molecular formula is C20H46O8Si8. The molecule has 2 aliphatic heterocycles. The van der Waals surface area contributed by atoms with E-state index in [1.165, 1.54) is 0 Å². The van der Waals surface area contributed by atoms with Crippen LogP contribution in [-0.2, 0) is 32.9 Å². The first-order chi connectivity index (χ1) is 16.1. The Labute approximate surface area is 227 Å². The zero-order chi connectivity index (χ0) is 27.9. The van der Waals surface area contributed by atoms with Crippen molar-refractivity contribution in [1.29, 1.82) is 0 Å². The van der Waals surface area contributed by atoms with Gasteiger partial charge in [-0.1, -0.05) is 22.8 Å². The molecule has 0 aromatic heterocycles. The van der Waals surface area contributed by atoms with Crippen LogP contribution in [0.2, 0.25) is 77.6 Å². The van der Waals surface area contributed by atoms with Crippen LogP contribution < -0.4 is 0 Å². The molecule has 4 atom stereocenters. The molecule has 16 heteroatoms. The third-order valence-corrected chi connectivity index (χ3v) is 39.5. The molecule has 2 aliphatic rings. The smallest absolute Gasteiger partial charge is 0.343 e. The summed E-state index contributed by atoms with van der Waals surface area (Å²) in [5.74, 6) is 0. The number of hydrogen-bond acceptors (Lipinski definition) is 8. The molecule has 2 rings (SSSR count). The van der Waals surface area contributed by atoms with E-state index in [4.69, 9.17) is 32.9 Å². The third-order valence-electron chi connectivity index (χ3n) is 5.98. The molecule has 206 valence electrons. The van der Waals surface area contributed by atoms with E-state index in [1.54, 1.807) is 0 Å². The van der Waals surface area contributed by atoms with Gasteiger partial charge in [0, 0.05) is 0 Å². The molecular weight excluding hydrogens is 593 g/mol.